The molecule has 1 aromatic carbocycles. The van der Waals surface area contributed by atoms with E-state index in [1.54, 1.807) is 0 Å². The third-order valence-electron chi connectivity index (χ3n) is 4.00. The third kappa shape index (κ3) is 2.43. The molecule has 3 nitrogen and oxygen atoms in total. The molecule has 1 N–H and O–H groups in total. The monoisotopic (exact) mass is 322 g/mol. The van der Waals surface area contributed by atoms with E-state index in [0.717, 1.165) is 47.4 Å². The lowest BCUT2D eigenvalue weighted by molar-refractivity contribution is 0.239. The van der Waals surface area contributed by atoms with Gasteiger partial charge in [0.05, 0.1) is 5.41 Å². The van der Waals surface area contributed by atoms with Crippen LogP contribution in [0, 0.1) is 0 Å². The molecule has 2 aromatic rings. The predicted molar refractivity (Wildman–Crippen MR) is 80.4 cm³/mol. The van der Waals surface area contributed by atoms with Gasteiger partial charge in [-0.15, -0.1) is 0 Å². The van der Waals surface area contributed by atoms with E-state index >= 15 is 0 Å². The Morgan fingerprint density at radius 2 is 2.37 bits per heavy atom. The van der Waals surface area contributed by atoms with Crippen molar-refractivity contribution in [2.75, 3.05) is 13.1 Å². The maximum Gasteiger partial charge on any atom is 0.202 e. The van der Waals surface area contributed by atoms with Gasteiger partial charge in [0.2, 0.25) is 5.89 Å². The van der Waals surface area contributed by atoms with Crippen LogP contribution in [0.25, 0.3) is 11.1 Å². The van der Waals surface area contributed by atoms with Crippen LogP contribution in [0.1, 0.15) is 38.5 Å². The summed E-state index contributed by atoms with van der Waals surface area (Å²) in [5.41, 5.74) is 1.92. The molecule has 1 unspecified atom stereocenters. The maximum absolute atomic E-state index is 6.05. The van der Waals surface area contributed by atoms with Crippen molar-refractivity contribution in [3.8, 4) is 0 Å². The first kappa shape index (κ1) is 13.1. The molecule has 19 heavy (non-hydrogen) atoms. The van der Waals surface area contributed by atoms with Crippen molar-refractivity contribution in [2.24, 2.45) is 0 Å². The second-order valence-electron chi connectivity index (χ2n) is 5.44. The topological polar surface area (TPSA) is 38.1 Å². The van der Waals surface area contributed by atoms with Crippen LogP contribution in [0.15, 0.2) is 27.1 Å². The van der Waals surface area contributed by atoms with Crippen LogP contribution >= 0.6 is 15.9 Å². The summed E-state index contributed by atoms with van der Waals surface area (Å²) in [4.78, 5) is 4.75. The molecule has 102 valence electrons. The second kappa shape index (κ2) is 5.25. The molecule has 0 aliphatic carbocycles. The maximum atomic E-state index is 6.05. The number of hydrogen-bond acceptors (Lipinski definition) is 3. The van der Waals surface area contributed by atoms with Gasteiger partial charge in [0.25, 0.3) is 0 Å². The summed E-state index contributed by atoms with van der Waals surface area (Å²) in [6.45, 7) is 4.32. The van der Waals surface area contributed by atoms with Gasteiger partial charge in [0.15, 0.2) is 5.58 Å². The number of nitrogens with one attached hydrogen (secondary N) is 1. The lowest BCUT2D eigenvalue weighted by Crippen LogP contribution is -2.43. The van der Waals surface area contributed by atoms with E-state index in [-0.39, 0.29) is 5.41 Å². The van der Waals surface area contributed by atoms with E-state index in [1.165, 1.54) is 12.8 Å². The fourth-order valence-corrected chi connectivity index (χ4v) is 3.43. The number of nitrogens with zero attached hydrogens (tertiary/aromatic N) is 1. The van der Waals surface area contributed by atoms with Gasteiger partial charge in [0.1, 0.15) is 5.52 Å². The number of fused-ring (bicyclic) bond motifs is 1. The number of rotatable bonds is 3. The van der Waals surface area contributed by atoms with Crippen molar-refractivity contribution in [3.63, 3.8) is 0 Å². The van der Waals surface area contributed by atoms with Crippen molar-refractivity contribution < 1.29 is 4.42 Å². The van der Waals surface area contributed by atoms with Crippen LogP contribution in [0.5, 0.6) is 0 Å². The fraction of sp³-hybridized carbons (Fsp3) is 0.533. The van der Waals surface area contributed by atoms with E-state index < -0.39 is 0 Å². The first-order valence-electron chi connectivity index (χ1n) is 7.01. The molecule has 4 heteroatoms. The predicted octanol–water partition coefficient (Wildman–Crippen LogP) is 4.01. The Bertz CT molecular complexity index is 567. The molecule has 0 saturated carbocycles. The molecule has 1 aliphatic heterocycles. The summed E-state index contributed by atoms with van der Waals surface area (Å²) in [5, 5.41) is 3.51. The molecule has 1 atom stereocenters. The van der Waals surface area contributed by atoms with Gasteiger partial charge < -0.3 is 9.73 Å². The summed E-state index contributed by atoms with van der Waals surface area (Å²) in [5.74, 6) is 0.912. The van der Waals surface area contributed by atoms with Crippen molar-refractivity contribution in [1.29, 1.82) is 0 Å². The number of piperidine rings is 1. The highest BCUT2D eigenvalue weighted by Gasteiger charge is 2.37. The smallest absolute Gasteiger partial charge is 0.202 e. The molecule has 1 aliphatic rings. The van der Waals surface area contributed by atoms with Crippen molar-refractivity contribution in [3.05, 3.63) is 28.6 Å². The van der Waals surface area contributed by atoms with Crippen molar-refractivity contribution in [1.82, 2.24) is 10.3 Å². The van der Waals surface area contributed by atoms with E-state index in [4.69, 9.17) is 9.40 Å². The van der Waals surface area contributed by atoms with Gasteiger partial charge in [-0.25, -0.2) is 4.98 Å². The summed E-state index contributed by atoms with van der Waals surface area (Å²) in [7, 11) is 0. The van der Waals surface area contributed by atoms with Crippen LogP contribution in [0.3, 0.4) is 0 Å². The molecular weight excluding hydrogens is 304 g/mol. The average Bonchev–Trinajstić information content (AvgIpc) is 2.83. The standard InChI is InChI=1S/C15H19BrN2O/c1-2-6-15(7-3-8-17-10-15)14-18-12-9-11(16)4-5-13(12)19-14/h4-5,9,17H,2-3,6-8,10H2,1H3. The van der Waals surface area contributed by atoms with Gasteiger partial charge >= 0.3 is 0 Å². The minimum absolute atomic E-state index is 0.0818. The minimum atomic E-state index is 0.0818. The van der Waals surface area contributed by atoms with Crippen LogP contribution in [0.4, 0.5) is 0 Å². The Labute approximate surface area is 121 Å². The minimum Gasteiger partial charge on any atom is -0.440 e. The summed E-state index contributed by atoms with van der Waals surface area (Å²) in [6.07, 6.45) is 4.66. The number of oxazole rings is 1. The first-order valence-corrected chi connectivity index (χ1v) is 7.80. The normalized spacial score (nSPS) is 23.9. The van der Waals surface area contributed by atoms with E-state index in [2.05, 4.69) is 28.2 Å². The molecule has 0 spiro atoms. The van der Waals surface area contributed by atoms with Gasteiger partial charge in [0, 0.05) is 11.0 Å². The summed E-state index contributed by atoms with van der Waals surface area (Å²) >= 11 is 3.49. The van der Waals surface area contributed by atoms with Gasteiger partial charge in [-0.2, -0.15) is 0 Å². The SMILES string of the molecule is CCCC1(c2nc3cc(Br)ccc3o2)CCCNC1. The summed E-state index contributed by atoms with van der Waals surface area (Å²) in [6, 6.07) is 6.02. The molecule has 2 heterocycles. The third-order valence-corrected chi connectivity index (χ3v) is 4.50. The lowest BCUT2D eigenvalue weighted by Gasteiger charge is -2.34. The van der Waals surface area contributed by atoms with E-state index in [9.17, 15) is 0 Å². The van der Waals surface area contributed by atoms with E-state index in [1.807, 2.05) is 18.2 Å². The van der Waals surface area contributed by atoms with Crippen LogP contribution < -0.4 is 5.32 Å². The highest BCUT2D eigenvalue weighted by molar-refractivity contribution is 9.10. The van der Waals surface area contributed by atoms with E-state index in [0.29, 0.717) is 0 Å². The van der Waals surface area contributed by atoms with Crippen LogP contribution in [0.2, 0.25) is 0 Å². The lowest BCUT2D eigenvalue weighted by atomic mass is 9.77. The Morgan fingerprint density at radius 1 is 1.47 bits per heavy atom. The largest absolute Gasteiger partial charge is 0.440 e. The zero-order valence-corrected chi connectivity index (χ0v) is 12.8. The second-order valence-corrected chi connectivity index (χ2v) is 6.36. The molecule has 0 bridgehead atoms. The molecular formula is C15H19BrN2O. The molecule has 1 fully saturated rings. The zero-order chi connectivity index (χ0) is 13.3. The van der Waals surface area contributed by atoms with Crippen LogP contribution in [-0.2, 0) is 5.41 Å². The van der Waals surface area contributed by atoms with Crippen molar-refractivity contribution >= 4 is 27.0 Å². The molecule has 1 saturated heterocycles. The zero-order valence-electron chi connectivity index (χ0n) is 11.2. The Morgan fingerprint density at radius 3 is 3.11 bits per heavy atom. The molecule has 1 aromatic heterocycles. The van der Waals surface area contributed by atoms with Gasteiger partial charge in [-0.3, -0.25) is 0 Å². The first-order chi connectivity index (χ1) is 9.23. The van der Waals surface area contributed by atoms with Crippen molar-refractivity contribution in [2.45, 2.75) is 38.0 Å². The number of halogens is 1. The quantitative estimate of drug-likeness (QED) is 0.927. The highest BCUT2D eigenvalue weighted by Crippen LogP contribution is 2.37. The summed E-state index contributed by atoms with van der Waals surface area (Å²) < 4.78 is 7.09. The molecule has 3 rings (SSSR count). The molecule has 0 radical (unpaired) electrons. The van der Waals surface area contributed by atoms with Gasteiger partial charge in [-0.05, 0) is 44.0 Å². The molecule has 0 amide bonds. The number of aromatic nitrogens is 1. The van der Waals surface area contributed by atoms with Gasteiger partial charge in [-0.1, -0.05) is 29.3 Å². The fourth-order valence-electron chi connectivity index (χ4n) is 3.08. The number of hydrogen-bond donors (Lipinski definition) is 1. The highest BCUT2D eigenvalue weighted by atomic mass is 79.9. The number of benzene rings is 1. The van der Waals surface area contributed by atoms with Crippen LogP contribution in [-0.4, -0.2) is 18.1 Å². The average molecular weight is 323 g/mol. The Balaban J connectivity index is 2.04. The Hall–Kier alpha value is -0.870. The Kier molecular flexibility index (Phi) is 3.63.